The number of benzene rings is 2. The number of methoxy groups -OCH3 is 1. The highest BCUT2D eigenvalue weighted by Gasteiger charge is 2.15. The Labute approximate surface area is 135 Å². The van der Waals surface area contributed by atoms with E-state index in [0.29, 0.717) is 26.9 Å². The Morgan fingerprint density at radius 2 is 1.84 bits per heavy atom. The molecule has 2 nitrogen and oxygen atoms in total. The standard InChI is InChI=1S/C14H11Cl2IO2/c1-19-9-3-4-10(11(15)7-9)14(18)8-2-5-13(17)12(16)6-8/h2-7,14,18H,1H3. The van der Waals surface area contributed by atoms with Crippen molar-refractivity contribution in [2.45, 2.75) is 6.10 Å². The molecular formula is C14H11Cl2IO2. The average Bonchev–Trinajstić information content (AvgIpc) is 2.41. The van der Waals surface area contributed by atoms with Gasteiger partial charge in [-0.05, 0) is 52.4 Å². The van der Waals surface area contributed by atoms with E-state index in [-0.39, 0.29) is 0 Å². The molecule has 0 spiro atoms. The van der Waals surface area contributed by atoms with E-state index < -0.39 is 6.10 Å². The summed E-state index contributed by atoms with van der Waals surface area (Å²) >= 11 is 14.3. The maximum Gasteiger partial charge on any atom is 0.120 e. The second-order valence-electron chi connectivity index (χ2n) is 3.96. The van der Waals surface area contributed by atoms with Crippen LogP contribution in [0.2, 0.25) is 10.0 Å². The van der Waals surface area contributed by atoms with E-state index >= 15 is 0 Å². The van der Waals surface area contributed by atoms with Gasteiger partial charge in [-0.3, -0.25) is 0 Å². The summed E-state index contributed by atoms with van der Waals surface area (Å²) in [7, 11) is 1.57. The minimum absolute atomic E-state index is 0.460. The summed E-state index contributed by atoms with van der Waals surface area (Å²) < 4.78 is 6.02. The molecular weight excluding hydrogens is 398 g/mol. The van der Waals surface area contributed by atoms with Gasteiger partial charge in [-0.1, -0.05) is 35.3 Å². The van der Waals surface area contributed by atoms with Crippen molar-refractivity contribution in [2.75, 3.05) is 7.11 Å². The lowest BCUT2D eigenvalue weighted by Crippen LogP contribution is -2.01. The predicted molar refractivity (Wildman–Crippen MR) is 86.2 cm³/mol. The molecule has 0 radical (unpaired) electrons. The molecule has 0 aliphatic heterocycles. The third-order valence-electron chi connectivity index (χ3n) is 2.76. The summed E-state index contributed by atoms with van der Waals surface area (Å²) in [5.74, 6) is 0.654. The molecule has 0 saturated carbocycles. The number of hydrogen-bond donors (Lipinski definition) is 1. The summed E-state index contributed by atoms with van der Waals surface area (Å²) in [5.41, 5.74) is 1.33. The lowest BCUT2D eigenvalue weighted by molar-refractivity contribution is 0.220. The van der Waals surface area contributed by atoms with Gasteiger partial charge < -0.3 is 9.84 Å². The molecule has 1 unspecified atom stereocenters. The molecule has 0 fully saturated rings. The van der Waals surface area contributed by atoms with Gasteiger partial charge in [0.15, 0.2) is 0 Å². The Morgan fingerprint density at radius 1 is 1.11 bits per heavy atom. The molecule has 19 heavy (non-hydrogen) atoms. The molecule has 0 aliphatic rings. The van der Waals surface area contributed by atoms with E-state index in [1.807, 2.05) is 12.1 Å². The van der Waals surface area contributed by atoms with Crippen molar-refractivity contribution >= 4 is 45.8 Å². The highest BCUT2D eigenvalue weighted by atomic mass is 127. The molecule has 5 heteroatoms. The Bertz CT molecular complexity index is 602. The van der Waals surface area contributed by atoms with Crippen LogP contribution in [0.3, 0.4) is 0 Å². The fourth-order valence-corrected chi connectivity index (χ4v) is 2.52. The molecule has 0 aliphatic carbocycles. The van der Waals surface area contributed by atoms with E-state index in [2.05, 4.69) is 22.6 Å². The van der Waals surface area contributed by atoms with Crippen LogP contribution >= 0.6 is 45.8 Å². The number of aliphatic hydroxyl groups excluding tert-OH is 1. The van der Waals surface area contributed by atoms with Crippen molar-refractivity contribution in [3.05, 3.63) is 61.1 Å². The summed E-state index contributed by atoms with van der Waals surface area (Å²) in [6.07, 6.45) is -0.812. The van der Waals surface area contributed by atoms with Crippen molar-refractivity contribution in [3.8, 4) is 5.75 Å². The normalized spacial score (nSPS) is 12.3. The lowest BCUT2D eigenvalue weighted by Gasteiger charge is -2.14. The van der Waals surface area contributed by atoms with Crippen LogP contribution in [0.5, 0.6) is 5.75 Å². The average molecular weight is 409 g/mol. The zero-order chi connectivity index (χ0) is 14.0. The molecule has 0 aromatic heterocycles. The first-order valence-electron chi connectivity index (χ1n) is 5.49. The highest BCUT2D eigenvalue weighted by Crippen LogP contribution is 2.32. The van der Waals surface area contributed by atoms with Gasteiger partial charge >= 0.3 is 0 Å². The van der Waals surface area contributed by atoms with E-state index in [9.17, 15) is 5.11 Å². The topological polar surface area (TPSA) is 29.5 Å². The SMILES string of the molecule is COc1ccc(C(O)c2ccc(I)c(Cl)c2)c(Cl)c1. The molecule has 2 rings (SSSR count). The van der Waals surface area contributed by atoms with Crippen molar-refractivity contribution in [2.24, 2.45) is 0 Å². The predicted octanol–water partition coefficient (Wildman–Crippen LogP) is 4.69. The van der Waals surface area contributed by atoms with Crippen LogP contribution in [0.1, 0.15) is 17.2 Å². The lowest BCUT2D eigenvalue weighted by atomic mass is 10.0. The number of ether oxygens (including phenoxy) is 1. The number of rotatable bonds is 3. The zero-order valence-electron chi connectivity index (χ0n) is 10.0. The number of hydrogen-bond acceptors (Lipinski definition) is 2. The summed E-state index contributed by atoms with van der Waals surface area (Å²) in [6.45, 7) is 0. The molecule has 0 heterocycles. The van der Waals surface area contributed by atoms with Crippen LogP contribution in [0.15, 0.2) is 36.4 Å². The fourth-order valence-electron chi connectivity index (χ4n) is 1.72. The van der Waals surface area contributed by atoms with Crippen molar-refractivity contribution < 1.29 is 9.84 Å². The van der Waals surface area contributed by atoms with Crippen LogP contribution in [0.4, 0.5) is 0 Å². The van der Waals surface area contributed by atoms with Gasteiger partial charge in [-0.15, -0.1) is 0 Å². The van der Waals surface area contributed by atoms with Crippen molar-refractivity contribution in [1.82, 2.24) is 0 Å². The summed E-state index contributed by atoms with van der Waals surface area (Å²) in [5, 5.41) is 11.4. The van der Waals surface area contributed by atoms with Crippen LogP contribution in [-0.2, 0) is 0 Å². The first-order valence-corrected chi connectivity index (χ1v) is 7.33. The molecule has 100 valence electrons. The first-order chi connectivity index (χ1) is 9.02. The minimum atomic E-state index is -0.812. The molecule has 1 N–H and O–H groups in total. The molecule has 1 atom stereocenters. The quantitative estimate of drug-likeness (QED) is 0.746. The zero-order valence-corrected chi connectivity index (χ0v) is 13.7. The molecule has 2 aromatic rings. The smallest absolute Gasteiger partial charge is 0.120 e. The Morgan fingerprint density at radius 3 is 2.42 bits per heavy atom. The van der Waals surface area contributed by atoms with Crippen LogP contribution in [0, 0.1) is 3.57 Å². The van der Waals surface area contributed by atoms with E-state index in [1.54, 1.807) is 31.4 Å². The largest absolute Gasteiger partial charge is 0.497 e. The fraction of sp³-hybridized carbons (Fsp3) is 0.143. The van der Waals surface area contributed by atoms with Gasteiger partial charge in [-0.2, -0.15) is 0 Å². The van der Waals surface area contributed by atoms with Crippen LogP contribution < -0.4 is 4.74 Å². The molecule has 2 aromatic carbocycles. The first kappa shape index (κ1) is 14.9. The second kappa shape index (κ2) is 6.31. The van der Waals surface area contributed by atoms with Crippen molar-refractivity contribution in [3.63, 3.8) is 0 Å². The molecule has 0 saturated heterocycles. The Hall–Kier alpha value is -0.490. The van der Waals surface area contributed by atoms with E-state index in [0.717, 1.165) is 3.57 Å². The maximum atomic E-state index is 10.4. The van der Waals surface area contributed by atoms with Gasteiger partial charge in [0, 0.05) is 9.13 Å². The van der Waals surface area contributed by atoms with Crippen LogP contribution in [0.25, 0.3) is 0 Å². The van der Waals surface area contributed by atoms with Gasteiger partial charge in [-0.25, -0.2) is 0 Å². The number of halogens is 3. The number of aliphatic hydroxyl groups is 1. The highest BCUT2D eigenvalue weighted by molar-refractivity contribution is 14.1. The molecule has 0 bridgehead atoms. The monoisotopic (exact) mass is 408 g/mol. The summed E-state index contributed by atoms with van der Waals surface area (Å²) in [4.78, 5) is 0. The Balaban J connectivity index is 2.38. The summed E-state index contributed by atoms with van der Waals surface area (Å²) in [6, 6.07) is 10.6. The van der Waals surface area contributed by atoms with Gasteiger partial charge in [0.1, 0.15) is 11.9 Å². The van der Waals surface area contributed by atoms with E-state index in [1.165, 1.54) is 0 Å². The van der Waals surface area contributed by atoms with Gasteiger partial charge in [0.25, 0.3) is 0 Å². The third-order valence-corrected chi connectivity index (χ3v) is 4.66. The van der Waals surface area contributed by atoms with Gasteiger partial charge in [0.05, 0.1) is 17.2 Å². The van der Waals surface area contributed by atoms with Crippen LogP contribution in [-0.4, -0.2) is 12.2 Å². The second-order valence-corrected chi connectivity index (χ2v) is 5.94. The van der Waals surface area contributed by atoms with Gasteiger partial charge in [0.2, 0.25) is 0 Å². The molecule has 0 amide bonds. The van der Waals surface area contributed by atoms with Crippen molar-refractivity contribution in [1.29, 1.82) is 0 Å². The maximum absolute atomic E-state index is 10.4. The minimum Gasteiger partial charge on any atom is -0.497 e. The van der Waals surface area contributed by atoms with E-state index in [4.69, 9.17) is 27.9 Å². The Kier molecular flexibility index (Phi) is 4.95. The third kappa shape index (κ3) is 3.34.